The summed E-state index contributed by atoms with van der Waals surface area (Å²) in [5.41, 5.74) is 0.140. The summed E-state index contributed by atoms with van der Waals surface area (Å²) in [7, 11) is 3.73. The topological polar surface area (TPSA) is 33.7 Å². The molecule has 1 N–H and O–H groups in total. The Kier molecular flexibility index (Phi) is 4.99. The number of morpholine rings is 1. The molecule has 1 rings (SSSR count). The lowest BCUT2D eigenvalue weighted by Gasteiger charge is -2.43. The third-order valence-corrected chi connectivity index (χ3v) is 3.03. The highest BCUT2D eigenvalue weighted by Crippen LogP contribution is 2.18. The largest absolute Gasteiger partial charge is 0.383 e. The predicted molar refractivity (Wildman–Crippen MR) is 61.2 cm³/mol. The summed E-state index contributed by atoms with van der Waals surface area (Å²) in [4.78, 5) is 2.47. The molecule has 4 heteroatoms. The lowest BCUT2D eigenvalue weighted by atomic mass is 10.0. The van der Waals surface area contributed by atoms with Crippen LogP contribution >= 0.6 is 0 Å². The highest BCUT2D eigenvalue weighted by molar-refractivity contribution is 4.86. The van der Waals surface area contributed by atoms with Gasteiger partial charge >= 0.3 is 0 Å². The van der Waals surface area contributed by atoms with Crippen LogP contribution in [0.4, 0.5) is 0 Å². The van der Waals surface area contributed by atoms with Gasteiger partial charge in [0.15, 0.2) is 0 Å². The maximum atomic E-state index is 5.50. The molecule has 15 heavy (non-hydrogen) atoms. The first-order chi connectivity index (χ1) is 7.10. The quantitative estimate of drug-likeness (QED) is 0.718. The predicted octanol–water partition coefficient (Wildman–Crippen LogP) is 0.332. The Balaban J connectivity index is 2.46. The van der Waals surface area contributed by atoms with Crippen molar-refractivity contribution in [3.63, 3.8) is 0 Å². The Bertz CT molecular complexity index is 185. The average Bonchev–Trinajstić information content (AvgIpc) is 2.20. The lowest BCUT2D eigenvalue weighted by Crippen LogP contribution is -2.57. The smallest absolute Gasteiger partial charge is 0.0645 e. The first kappa shape index (κ1) is 12.9. The van der Waals surface area contributed by atoms with Crippen LogP contribution in [0.2, 0.25) is 0 Å². The number of methoxy groups -OCH3 is 1. The zero-order valence-corrected chi connectivity index (χ0v) is 10.4. The van der Waals surface area contributed by atoms with Gasteiger partial charge in [-0.25, -0.2) is 0 Å². The fraction of sp³-hybridized carbons (Fsp3) is 1.00. The van der Waals surface area contributed by atoms with Crippen LogP contribution < -0.4 is 5.32 Å². The molecule has 90 valence electrons. The van der Waals surface area contributed by atoms with E-state index < -0.39 is 0 Å². The first-order valence-corrected chi connectivity index (χ1v) is 5.59. The molecule has 1 unspecified atom stereocenters. The lowest BCUT2D eigenvalue weighted by molar-refractivity contribution is -0.0569. The third-order valence-electron chi connectivity index (χ3n) is 3.03. The molecule has 0 aromatic carbocycles. The van der Waals surface area contributed by atoms with E-state index in [1.807, 2.05) is 7.05 Å². The minimum atomic E-state index is 0.140. The van der Waals surface area contributed by atoms with E-state index in [-0.39, 0.29) is 5.54 Å². The van der Waals surface area contributed by atoms with Gasteiger partial charge in [-0.1, -0.05) is 0 Å². The fourth-order valence-corrected chi connectivity index (χ4v) is 1.92. The summed E-state index contributed by atoms with van der Waals surface area (Å²) >= 11 is 0. The highest BCUT2D eigenvalue weighted by atomic mass is 16.5. The molecule has 0 radical (unpaired) electrons. The van der Waals surface area contributed by atoms with Crippen LogP contribution in [0.15, 0.2) is 0 Å². The zero-order chi connectivity index (χ0) is 11.3. The minimum Gasteiger partial charge on any atom is -0.383 e. The van der Waals surface area contributed by atoms with Gasteiger partial charge in [-0.05, 0) is 20.9 Å². The van der Waals surface area contributed by atoms with Crippen LogP contribution in [0.3, 0.4) is 0 Å². The van der Waals surface area contributed by atoms with E-state index in [0.29, 0.717) is 6.04 Å². The number of hydrogen-bond donors (Lipinski definition) is 1. The first-order valence-electron chi connectivity index (χ1n) is 5.59. The molecular formula is C11H24N2O2. The van der Waals surface area contributed by atoms with Crippen molar-refractivity contribution in [3.8, 4) is 0 Å². The molecule has 4 nitrogen and oxygen atoms in total. The molecule has 1 heterocycles. The van der Waals surface area contributed by atoms with E-state index >= 15 is 0 Å². The van der Waals surface area contributed by atoms with Crippen LogP contribution in [0.25, 0.3) is 0 Å². The second-order valence-corrected chi connectivity index (χ2v) is 4.75. The molecule has 0 aromatic heterocycles. The van der Waals surface area contributed by atoms with Gasteiger partial charge in [0.1, 0.15) is 0 Å². The van der Waals surface area contributed by atoms with Crippen molar-refractivity contribution in [1.29, 1.82) is 0 Å². The number of ether oxygens (including phenoxy) is 2. The maximum absolute atomic E-state index is 5.50. The van der Waals surface area contributed by atoms with E-state index in [0.717, 1.165) is 32.9 Å². The normalized spacial score (nSPS) is 24.0. The molecule has 0 aliphatic carbocycles. The molecule has 1 fully saturated rings. The molecular weight excluding hydrogens is 192 g/mol. The van der Waals surface area contributed by atoms with E-state index in [1.165, 1.54) is 0 Å². The highest BCUT2D eigenvalue weighted by Gasteiger charge is 2.31. The van der Waals surface area contributed by atoms with E-state index in [1.54, 1.807) is 7.11 Å². The fourth-order valence-electron chi connectivity index (χ4n) is 1.92. The van der Waals surface area contributed by atoms with Crippen molar-refractivity contribution in [2.45, 2.75) is 25.4 Å². The molecule has 0 bridgehead atoms. The van der Waals surface area contributed by atoms with Gasteiger partial charge < -0.3 is 14.8 Å². The molecule has 0 spiro atoms. The van der Waals surface area contributed by atoms with Gasteiger partial charge in [-0.15, -0.1) is 0 Å². The Morgan fingerprint density at radius 3 is 2.80 bits per heavy atom. The second kappa shape index (κ2) is 5.80. The molecule has 1 aliphatic heterocycles. The van der Waals surface area contributed by atoms with Gasteiger partial charge in [0.2, 0.25) is 0 Å². The summed E-state index contributed by atoms with van der Waals surface area (Å²) in [5, 5.41) is 3.28. The SMILES string of the molecule is CNC(COC)CN1CCOCC1(C)C. The van der Waals surface area contributed by atoms with Crippen molar-refractivity contribution in [1.82, 2.24) is 10.2 Å². The Morgan fingerprint density at radius 2 is 2.27 bits per heavy atom. The summed E-state index contributed by atoms with van der Waals surface area (Å²) < 4.78 is 10.7. The molecule has 1 atom stereocenters. The van der Waals surface area contributed by atoms with Crippen LogP contribution in [-0.2, 0) is 9.47 Å². The summed E-state index contributed by atoms with van der Waals surface area (Å²) in [6.07, 6.45) is 0. The van der Waals surface area contributed by atoms with E-state index in [2.05, 4.69) is 24.1 Å². The number of hydrogen-bond acceptors (Lipinski definition) is 4. The van der Waals surface area contributed by atoms with Gasteiger partial charge in [0.05, 0.1) is 19.8 Å². The third kappa shape index (κ3) is 3.72. The monoisotopic (exact) mass is 216 g/mol. The summed E-state index contributed by atoms with van der Waals surface area (Å²) in [6.45, 7) is 8.89. The van der Waals surface area contributed by atoms with E-state index in [4.69, 9.17) is 9.47 Å². The molecule has 0 aromatic rings. The number of rotatable bonds is 5. The van der Waals surface area contributed by atoms with Crippen molar-refractivity contribution >= 4 is 0 Å². The van der Waals surface area contributed by atoms with Crippen molar-refractivity contribution in [2.75, 3.05) is 47.1 Å². The second-order valence-electron chi connectivity index (χ2n) is 4.75. The molecule has 1 saturated heterocycles. The number of nitrogens with zero attached hydrogens (tertiary/aromatic N) is 1. The Hall–Kier alpha value is -0.160. The van der Waals surface area contributed by atoms with Gasteiger partial charge in [-0.2, -0.15) is 0 Å². The van der Waals surface area contributed by atoms with Crippen molar-refractivity contribution < 1.29 is 9.47 Å². The maximum Gasteiger partial charge on any atom is 0.0645 e. The minimum absolute atomic E-state index is 0.140. The van der Waals surface area contributed by atoms with Crippen LogP contribution in [0.5, 0.6) is 0 Å². The Labute approximate surface area is 92.9 Å². The van der Waals surface area contributed by atoms with Crippen molar-refractivity contribution in [3.05, 3.63) is 0 Å². The molecule has 1 aliphatic rings. The van der Waals surface area contributed by atoms with Gasteiger partial charge in [-0.3, -0.25) is 4.90 Å². The van der Waals surface area contributed by atoms with Crippen LogP contribution in [0, 0.1) is 0 Å². The van der Waals surface area contributed by atoms with Gasteiger partial charge in [0.25, 0.3) is 0 Å². The van der Waals surface area contributed by atoms with Crippen LogP contribution in [-0.4, -0.2) is 63.5 Å². The van der Waals surface area contributed by atoms with Gasteiger partial charge in [0, 0.05) is 31.8 Å². The van der Waals surface area contributed by atoms with Crippen LogP contribution in [0.1, 0.15) is 13.8 Å². The summed E-state index contributed by atoms with van der Waals surface area (Å²) in [6, 6.07) is 0.396. The summed E-state index contributed by atoms with van der Waals surface area (Å²) in [5.74, 6) is 0. The van der Waals surface area contributed by atoms with E-state index in [9.17, 15) is 0 Å². The standard InChI is InChI=1S/C11H24N2O2/c1-11(2)9-15-6-5-13(11)7-10(12-3)8-14-4/h10,12H,5-9H2,1-4H3. The number of likely N-dealkylation sites (N-methyl/N-ethyl adjacent to an activating group) is 1. The molecule has 0 saturated carbocycles. The zero-order valence-electron chi connectivity index (χ0n) is 10.4. The number of nitrogens with one attached hydrogen (secondary N) is 1. The van der Waals surface area contributed by atoms with Crippen molar-refractivity contribution in [2.24, 2.45) is 0 Å². The Morgan fingerprint density at radius 1 is 1.53 bits per heavy atom. The average molecular weight is 216 g/mol. The molecule has 0 amide bonds.